The lowest BCUT2D eigenvalue weighted by atomic mass is 10.00. The molecule has 1 unspecified atom stereocenters. The second-order valence-corrected chi connectivity index (χ2v) is 4.23. The van der Waals surface area contributed by atoms with Crippen molar-refractivity contribution in [1.29, 1.82) is 0 Å². The lowest BCUT2D eigenvalue weighted by Gasteiger charge is -2.15. The monoisotopic (exact) mass is 222 g/mol. The molecule has 17 heavy (non-hydrogen) atoms. The Morgan fingerprint density at radius 1 is 1.00 bits per heavy atom. The number of rotatable bonds is 2. The third kappa shape index (κ3) is 1.72. The number of hydrogen-bond donors (Lipinski definition) is 0. The zero-order chi connectivity index (χ0) is 11.7. The lowest BCUT2D eigenvalue weighted by molar-refractivity contribution is 0.568. The van der Waals surface area contributed by atoms with Crippen molar-refractivity contribution in [1.82, 2.24) is 9.78 Å². The van der Waals surface area contributed by atoms with E-state index in [4.69, 9.17) is 0 Å². The van der Waals surface area contributed by atoms with E-state index in [1.807, 2.05) is 23.1 Å². The molecule has 2 aromatic carbocycles. The van der Waals surface area contributed by atoms with Crippen LogP contribution >= 0.6 is 0 Å². The molecule has 0 N–H and O–H groups in total. The van der Waals surface area contributed by atoms with Gasteiger partial charge in [0.15, 0.2) is 0 Å². The van der Waals surface area contributed by atoms with Gasteiger partial charge in [-0.05, 0) is 29.3 Å². The molecule has 0 spiro atoms. The topological polar surface area (TPSA) is 17.8 Å². The maximum absolute atomic E-state index is 4.32. The van der Waals surface area contributed by atoms with Crippen LogP contribution in [0.4, 0.5) is 0 Å². The summed E-state index contributed by atoms with van der Waals surface area (Å²) in [6, 6.07) is 17.1. The van der Waals surface area contributed by atoms with Gasteiger partial charge in [-0.3, -0.25) is 4.68 Å². The van der Waals surface area contributed by atoms with Crippen LogP contribution in [0.2, 0.25) is 0 Å². The van der Waals surface area contributed by atoms with E-state index in [-0.39, 0.29) is 6.04 Å². The minimum atomic E-state index is 0.260. The maximum Gasteiger partial charge on any atom is 0.0746 e. The quantitative estimate of drug-likeness (QED) is 0.647. The number of benzene rings is 2. The van der Waals surface area contributed by atoms with Crippen LogP contribution in [0.5, 0.6) is 0 Å². The van der Waals surface area contributed by atoms with Crippen LogP contribution in [0.3, 0.4) is 0 Å². The fourth-order valence-corrected chi connectivity index (χ4v) is 2.27. The molecule has 0 amide bonds. The minimum absolute atomic E-state index is 0.260. The summed E-state index contributed by atoms with van der Waals surface area (Å²) in [7, 11) is 0. The Morgan fingerprint density at radius 2 is 1.82 bits per heavy atom. The summed E-state index contributed by atoms with van der Waals surface area (Å²) in [6.45, 7) is 2.18. The van der Waals surface area contributed by atoms with Crippen LogP contribution in [0.15, 0.2) is 60.9 Å². The van der Waals surface area contributed by atoms with Crippen LogP contribution in [0, 0.1) is 0 Å². The smallest absolute Gasteiger partial charge is 0.0746 e. The molecule has 1 heterocycles. The number of fused-ring (bicyclic) bond motifs is 1. The highest BCUT2D eigenvalue weighted by molar-refractivity contribution is 5.86. The van der Waals surface area contributed by atoms with Crippen molar-refractivity contribution in [3.63, 3.8) is 0 Å². The first-order valence-corrected chi connectivity index (χ1v) is 5.83. The molecule has 0 aliphatic rings. The van der Waals surface area contributed by atoms with Crippen LogP contribution in [0.25, 0.3) is 10.8 Å². The molecule has 0 aliphatic carbocycles. The van der Waals surface area contributed by atoms with Gasteiger partial charge in [-0.1, -0.05) is 42.5 Å². The van der Waals surface area contributed by atoms with Crippen molar-refractivity contribution in [3.05, 3.63) is 66.5 Å². The normalized spacial score (nSPS) is 12.8. The third-order valence-corrected chi connectivity index (χ3v) is 3.20. The molecular weight excluding hydrogens is 208 g/mol. The Hall–Kier alpha value is -2.09. The van der Waals surface area contributed by atoms with E-state index in [0.29, 0.717) is 0 Å². The van der Waals surface area contributed by atoms with E-state index in [1.165, 1.54) is 16.3 Å². The van der Waals surface area contributed by atoms with Gasteiger partial charge in [-0.25, -0.2) is 0 Å². The summed E-state index contributed by atoms with van der Waals surface area (Å²) in [4.78, 5) is 0. The van der Waals surface area contributed by atoms with Gasteiger partial charge < -0.3 is 0 Å². The summed E-state index contributed by atoms with van der Waals surface area (Å²) in [5.74, 6) is 0. The number of aromatic nitrogens is 2. The molecule has 1 atom stereocenters. The third-order valence-electron chi connectivity index (χ3n) is 3.20. The van der Waals surface area contributed by atoms with Gasteiger partial charge in [0.05, 0.1) is 6.04 Å². The second-order valence-electron chi connectivity index (χ2n) is 4.23. The molecular formula is C15H14N2. The standard InChI is InChI=1S/C15H14N2/c1-12(17-11-5-10-16-17)14-9-4-7-13-6-2-3-8-15(13)14/h2-12H,1H3. The first kappa shape index (κ1) is 10.1. The zero-order valence-corrected chi connectivity index (χ0v) is 9.75. The van der Waals surface area contributed by atoms with Crippen LogP contribution in [-0.2, 0) is 0 Å². The van der Waals surface area contributed by atoms with E-state index in [9.17, 15) is 0 Å². The first-order valence-electron chi connectivity index (χ1n) is 5.83. The maximum atomic E-state index is 4.32. The van der Waals surface area contributed by atoms with Gasteiger partial charge in [0.1, 0.15) is 0 Å². The Balaban J connectivity index is 2.17. The fraction of sp³-hybridized carbons (Fsp3) is 0.133. The molecule has 0 saturated carbocycles. The average molecular weight is 222 g/mol. The highest BCUT2D eigenvalue weighted by Gasteiger charge is 2.10. The molecule has 2 nitrogen and oxygen atoms in total. The van der Waals surface area contributed by atoms with Gasteiger partial charge in [0.25, 0.3) is 0 Å². The summed E-state index contributed by atoms with van der Waals surface area (Å²) in [5.41, 5.74) is 1.31. The van der Waals surface area contributed by atoms with Crippen molar-refractivity contribution in [3.8, 4) is 0 Å². The summed E-state index contributed by atoms with van der Waals surface area (Å²) < 4.78 is 1.99. The molecule has 0 fully saturated rings. The van der Waals surface area contributed by atoms with Gasteiger partial charge in [-0.15, -0.1) is 0 Å². The summed E-state index contributed by atoms with van der Waals surface area (Å²) in [6.07, 6.45) is 3.83. The van der Waals surface area contributed by atoms with Crippen molar-refractivity contribution < 1.29 is 0 Å². The number of nitrogens with zero attached hydrogens (tertiary/aromatic N) is 2. The van der Waals surface area contributed by atoms with E-state index >= 15 is 0 Å². The Bertz CT molecular complexity index is 621. The molecule has 0 saturated heterocycles. The molecule has 2 heteroatoms. The average Bonchev–Trinajstić information content (AvgIpc) is 2.91. The summed E-state index contributed by atoms with van der Waals surface area (Å²) >= 11 is 0. The van der Waals surface area contributed by atoms with Gasteiger partial charge in [0.2, 0.25) is 0 Å². The molecule has 3 aromatic rings. The highest BCUT2D eigenvalue weighted by Crippen LogP contribution is 2.25. The highest BCUT2D eigenvalue weighted by atomic mass is 15.3. The Morgan fingerprint density at radius 3 is 2.65 bits per heavy atom. The molecule has 0 aliphatic heterocycles. The molecule has 84 valence electrons. The van der Waals surface area contributed by atoms with E-state index < -0.39 is 0 Å². The molecule has 0 radical (unpaired) electrons. The Kier molecular flexibility index (Phi) is 2.41. The molecule has 0 bridgehead atoms. The summed E-state index contributed by atoms with van der Waals surface area (Å²) in [5, 5.41) is 6.90. The van der Waals surface area contributed by atoms with Crippen molar-refractivity contribution in [2.45, 2.75) is 13.0 Å². The predicted molar refractivity (Wildman–Crippen MR) is 70.0 cm³/mol. The second kappa shape index (κ2) is 4.06. The first-order chi connectivity index (χ1) is 8.36. The number of hydrogen-bond acceptors (Lipinski definition) is 1. The van der Waals surface area contributed by atoms with Gasteiger partial charge in [0, 0.05) is 12.4 Å². The van der Waals surface area contributed by atoms with Crippen LogP contribution in [-0.4, -0.2) is 9.78 Å². The van der Waals surface area contributed by atoms with Gasteiger partial charge in [-0.2, -0.15) is 5.10 Å². The predicted octanol–water partition coefficient (Wildman–Crippen LogP) is 3.65. The SMILES string of the molecule is CC(c1cccc2ccccc12)n1cccn1. The fourth-order valence-electron chi connectivity index (χ4n) is 2.27. The van der Waals surface area contributed by atoms with E-state index in [2.05, 4.69) is 54.5 Å². The Labute approximate surface area is 101 Å². The molecule has 1 aromatic heterocycles. The minimum Gasteiger partial charge on any atom is -0.266 e. The van der Waals surface area contributed by atoms with Crippen LogP contribution < -0.4 is 0 Å². The molecule has 3 rings (SSSR count). The van der Waals surface area contributed by atoms with Gasteiger partial charge >= 0.3 is 0 Å². The lowest BCUT2D eigenvalue weighted by Crippen LogP contribution is -2.07. The van der Waals surface area contributed by atoms with E-state index in [1.54, 1.807) is 0 Å². The zero-order valence-electron chi connectivity index (χ0n) is 9.75. The van der Waals surface area contributed by atoms with E-state index in [0.717, 1.165) is 0 Å². The largest absolute Gasteiger partial charge is 0.266 e. The van der Waals surface area contributed by atoms with Crippen molar-refractivity contribution >= 4 is 10.8 Å². The van der Waals surface area contributed by atoms with Crippen LogP contribution in [0.1, 0.15) is 18.5 Å². The van der Waals surface area contributed by atoms with Crippen molar-refractivity contribution in [2.24, 2.45) is 0 Å². The van der Waals surface area contributed by atoms with Crippen molar-refractivity contribution in [2.75, 3.05) is 0 Å².